The third-order valence-corrected chi connectivity index (χ3v) is 3.01. The minimum atomic E-state index is 0.429. The van der Waals surface area contributed by atoms with Crippen LogP contribution in [0.5, 0.6) is 0 Å². The summed E-state index contributed by atoms with van der Waals surface area (Å²) in [6, 6.07) is 0. The average Bonchev–Trinajstić information content (AvgIpc) is 2.39. The fourth-order valence-corrected chi connectivity index (χ4v) is 2.15. The monoisotopic (exact) mass is 206 g/mol. The van der Waals surface area contributed by atoms with Gasteiger partial charge in [-0.25, -0.2) is 4.98 Å². The first kappa shape index (κ1) is 10.4. The van der Waals surface area contributed by atoms with Gasteiger partial charge in [0.05, 0.1) is 17.6 Å². The zero-order chi connectivity index (χ0) is 10.8. The summed E-state index contributed by atoms with van der Waals surface area (Å²) in [5.74, 6) is 0.962. The molecule has 1 aliphatic heterocycles. The quantitative estimate of drug-likeness (QED) is 0.746. The highest BCUT2D eigenvalue weighted by Gasteiger charge is 2.21. The van der Waals surface area contributed by atoms with Crippen molar-refractivity contribution < 1.29 is 0 Å². The van der Waals surface area contributed by atoms with E-state index in [4.69, 9.17) is 5.73 Å². The van der Waals surface area contributed by atoms with Crippen molar-refractivity contribution in [1.29, 1.82) is 0 Å². The molecule has 82 valence electrons. The largest absolute Gasteiger partial charge is 0.382 e. The second-order valence-electron chi connectivity index (χ2n) is 4.17. The topological polar surface area (TPSA) is 55.0 Å². The predicted octanol–water partition coefficient (Wildman–Crippen LogP) is 1.04. The molecule has 0 spiro atoms. The minimum Gasteiger partial charge on any atom is -0.382 e. The summed E-state index contributed by atoms with van der Waals surface area (Å²) in [7, 11) is 0. The Labute approximate surface area is 90.5 Å². The zero-order valence-corrected chi connectivity index (χ0v) is 9.40. The van der Waals surface area contributed by atoms with Gasteiger partial charge in [-0.1, -0.05) is 13.8 Å². The molecular formula is C11H18N4. The van der Waals surface area contributed by atoms with Crippen LogP contribution in [-0.4, -0.2) is 34.5 Å². The van der Waals surface area contributed by atoms with Gasteiger partial charge in [0.2, 0.25) is 0 Å². The summed E-state index contributed by atoms with van der Waals surface area (Å²) in [6.45, 7) is 7.61. The molecular weight excluding hydrogens is 188 g/mol. The molecule has 0 unspecified atom stereocenters. The molecule has 0 bridgehead atoms. The van der Waals surface area contributed by atoms with Gasteiger partial charge >= 0.3 is 0 Å². The van der Waals surface area contributed by atoms with E-state index < -0.39 is 0 Å². The lowest BCUT2D eigenvalue weighted by Crippen LogP contribution is -2.27. The standard InChI is InChI=1S/C11H18N4/c1-3-15-5-4-9-11(8(2)7-15)14-10(12)6-13-9/h6,8H,3-5,7H2,1-2H3,(H2,12,14)/t8-/m1/s1. The number of aromatic nitrogens is 2. The molecule has 2 heterocycles. The van der Waals surface area contributed by atoms with Crippen molar-refractivity contribution in [2.75, 3.05) is 25.4 Å². The molecule has 1 aromatic heterocycles. The van der Waals surface area contributed by atoms with Crippen LogP contribution >= 0.6 is 0 Å². The van der Waals surface area contributed by atoms with Gasteiger partial charge in [-0.15, -0.1) is 0 Å². The van der Waals surface area contributed by atoms with E-state index in [0.717, 1.165) is 37.4 Å². The van der Waals surface area contributed by atoms with E-state index in [9.17, 15) is 0 Å². The van der Waals surface area contributed by atoms with Crippen LogP contribution in [0, 0.1) is 0 Å². The van der Waals surface area contributed by atoms with Crippen molar-refractivity contribution in [3.63, 3.8) is 0 Å². The van der Waals surface area contributed by atoms with Gasteiger partial charge in [-0.05, 0) is 6.54 Å². The number of anilines is 1. The maximum atomic E-state index is 5.68. The summed E-state index contributed by atoms with van der Waals surface area (Å²) >= 11 is 0. The smallest absolute Gasteiger partial charge is 0.142 e. The van der Waals surface area contributed by atoms with Crippen molar-refractivity contribution in [2.45, 2.75) is 26.2 Å². The van der Waals surface area contributed by atoms with Crippen LogP contribution in [0.2, 0.25) is 0 Å². The van der Waals surface area contributed by atoms with Crippen LogP contribution in [-0.2, 0) is 6.42 Å². The van der Waals surface area contributed by atoms with E-state index in [1.165, 1.54) is 0 Å². The number of nitrogens with zero attached hydrogens (tertiary/aromatic N) is 3. The molecule has 0 aromatic carbocycles. The molecule has 4 heteroatoms. The molecule has 0 fully saturated rings. The Morgan fingerprint density at radius 2 is 2.40 bits per heavy atom. The second kappa shape index (κ2) is 4.14. The van der Waals surface area contributed by atoms with E-state index in [-0.39, 0.29) is 0 Å². The number of hydrogen-bond donors (Lipinski definition) is 1. The van der Waals surface area contributed by atoms with Gasteiger partial charge < -0.3 is 10.6 Å². The lowest BCUT2D eigenvalue weighted by molar-refractivity contribution is 0.285. The first-order chi connectivity index (χ1) is 7.20. The van der Waals surface area contributed by atoms with Crippen molar-refractivity contribution in [1.82, 2.24) is 14.9 Å². The third-order valence-electron chi connectivity index (χ3n) is 3.01. The number of fused-ring (bicyclic) bond motifs is 1. The molecule has 1 atom stereocenters. The van der Waals surface area contributed by atoms with Crippen molar-refractivity contribution in [2.24, 2.45) is 0 Å². The molecule has 0 amide bonds. The van der Waals surface area contributed by atoms with Gasteiger partial charge in [0.15, 0.2) is 0 Å². The van der Waals surface area contributed by atoms with Crippen LogP contribution in [0.15, 0.2) is 6.20 Å². The molecule has 0 radical (unpaired) electrons. The molecule has 2 rings (SSSR count). The molecule has 0 saturated carbocycles. The molecule has 15 heavy (non-hydrogen) atoms. The van der Waals surface area contributed by atoms with Crippen LogP contribution in [0.25, 0.3) is 0 Å². The van der Waals surface area contributed by atoms with Gasteiger partial charge in [-0.3, -0.25) is 4.98 Å². The maximum absolute atomic E-state index is 5.68. The van der Waals surface area contributed by atoms with E-state index >= 15 is 0 Å². The van der Waals surface area contributed by atoms with Crippen LogP contribution in [0.3, 0.4) is 0 Å². The SMILES string of the molecule is CCN1CCc2ncc(N)nc2[C@H](C)C1. The van der Waals surface area contributed by atoms with E-state index in [2.05, 4.69) is 28.7 Å². The Balaban J connectivity index is 2.31. The van der Waals surface area contributed by atoms with E-state index in [1.54, 1.807) is 6.20 Å². The van der Waals surface area contributed by atoms with Gasteiger partial charge in [0.1, 0.15) is 5.82 Å². The maximum Gasteiger partial charge on any atom is 0.142 e. The number of nitrogen functional groups attached to an aromatic ring is 1. The van der Waals surface area contributed by atoms with Gasteiger partial charge in [0, 0.05) is 25.4 Å². The number of likely N-dealkylation sites (N-methyl/N-ethyl adjacent to an activating group) is 1. The van der Waals surface area contributed by atoms with Crippen LogP contribution in [0.4, 0.5) is 5.82 Å². The molecule has 4 nitrogen and oxygen atoms in total. The summed E-state index contributed by atoms with van der Waals surface area (Å²) < 4.78 is 0. The lowest BCUT2D eigenvalue weighted by atomic mass is 10.1. The Morgan fingerprint density at radius 1 is 1.60 bits per heavy atom. The summed E-state index contributed by atoms with van der Waals surface area (Å²) in [5, 5.41) is 0. The Hall–Kier alpha value is -1.16. The number of rotatable bonds is 1. The summed E-state index contributed by atoms with van der Waals surface area (Å²) in [5.41, 5.74) is 7.88. The molecule has 0 saturated heterocycles. The third kappa shape index (κ3) is 2.09. The number of hydrogen-bond acceptors (Lipinski definition) is 4. The Bertz CT molecular complexity index is 350. The van der Waals surface area contributed by atoms with Crippen LogP contribution < -0.4 is 5.73 Å². The van der Waals surface area contributed by atoms with E-state index in [0.29, 0.717) is 11.7 Å². The highest BCUT2D eigenvalue weighted by molar-refractivity contribution is 5.30. The minimum absolute atomic E-state index is 0.429. The fourth-order valence-electron chi connectivity index (χ4n) is 2.15. The van der Waals surface area contributed by atoms with Crippen molar-refractivity contribution in [3.05, 3.63) is 17.6 Å². The van der Waals surface area contributed by atoms with Crippen molar-refractivity contribution in [3.8, 4) is 0 Å². The molecule has 1 aliphatic rings. The second-order valence-corrected chi connectivity index (χ2v) is 4.17. The predicted molar refractivity (Wildman–Crippen MR) is 60.7 cm³/mol. The number of nitrogens with two attached hydrogens (primary N) is 1. The zero-order valence-electron chi connectivity index (χ0n) is 9.40. The van der Waals surface area contributed by atoms with Crippen LogP contribution in [0.1, 0.15) is 31.2 Å². The Kier molecular flexibility index (Phi) is 2.86. The molecule has 1 aromatic rings. The highest BCUT2D eigenvalue weighted by atomic mass is 15.1. The average molecular weight is 206 g/mol. The Morgan fingerprint density at radius 3 is 3.13 bits per heavy atom. The van der Waals surface area contributed by atoms with Gasteiger partial charge in [-0.2, -0.15) is 0 Å². The lowest BCUT2D eigenvalue weighted by Gasteiger charge is -2.19. The highest BCUT2D eigenvalue weighted by Crippen LogP contribution is 2.22. The molecule has 2 N–H and O–H groups in total. The summed E-state index contributed by atoms with van der Waals surface area (Å²) in [6.07, 6.45) is 2.65. The van der Waals surface area contributed by atoms with Crippen molar-refractivity contribution >= 4 is 5.82 Å². The van der Waals surface area contributed by atoms with Gasteiger partial charge in [0.25, 0.3) is 0 Å². The first-order valence-corrected chi connectivity index (χ1v) is 5.54. The molecule has 0 aliphatic carbocycles. The fraction of sp³-hybridized carbons (Fsp3) is 0.636. The van der Waals surface area contributed by atoms with E-state index in [1.807, 2.05) is 0 Å². The first-order valence-electron chi connectivity index (χ1n) is 5.54. The summed E-state index contributed by atoms with van der Waals surface area (Å²) in [4.78, 5) is 11.2. The normalized spacial score (nSPS) is 22.1.